The first-order valence-electron chi connectivity index (χ1n) is 9.94. The molecule has 3 aromatic rings. The second-order valence-electron chi connectivity index (χ2n) is 7.32. The molecule has 3 N–H and O–H groups in total. The lowest BCUT2D eigenvalue weighted by Crippen LogP contribution is -2.47. The zero-order valence-electron chi connectivity index (χ0n) is 16.5. The van der Waals surface area contributed by atoms with Gasteiger partial charge >= 0.3 is 0 Å². The van der Waals surface area contributed by atoms with E-state index >= 15 is 0 Å². The smallest absolute Gasteiger partial charge is 0.124 e. The van der Waals surface area contributed by atoms with Gasteiger partial charge in [-0.05, 0) is 31.5 Å². The van der Waals surface area contributed by atoms with Crippen LogP contribution in [0, 0.1) is 6.92 Å². The van der Waals surface area contributed by atoms with Crippen molar-refractivity contribution < 1.29 is 4.74 Å². The van der Waals surface area contributed by atoms with Gasteiger partial charge in [-0.15, -0.1) is 11.3 Å². The number of piperazine rings is 1. The third kappa shape index (κ3) is 4.05. The number of para-hydroxylation sites is 2. The molecule has 0 bridgehead atoms. The summed E-state index contributed by atoms with van der Waals surface area (Å²) in [7, 11) is 0. The molecule has 0 spiro atoms. The molecule has 1 aliphatic heterocycles. The van der Waals surface area contributed by atoms with Crippen LogP contribution in [0.3, 0.4) is 0 Å². The first-order chi connectivity index (χ1) is 13.7. The summed E-state index contributed by atoms with van der Waals surface area (Å²) in [6.07, 6.45) is 0. The van der Waals surface area contributed by atoms with Crippen molar-refractivity contribution in [3.8, 4) is 5.75 Å². The molecule has 5 nitrogen and oxygen atoms in total. The predicted octanol–water partition coefficient (Wildman–Crippen LogP) is 3.65. The summed E-state index contributed by atoms with van der Waals surface area (Å²) < 4.78 is 7.05. The summed E-state index contributed by atoms with van der Waals surface area (Å²) in [5, 5.41) is 4.65. The van der Waals surface area contributed by atoms with E-state index in [4.69, 9.17) is 15.5 Å². The number of thiazole rings is 1. The molecule has 0 saturated carbocycles. The van der Waals surface area contributed by atoms with Gasteiger partial charge in [0.25, 0.3) is 0 Å². The fraction of sp³-hybridized carbons (Fsp3) is 0.409. The van der Waals surface area contributed by atoms with Crippen LogP contribution in [-0.4, -0.2) is 42.7 Å². The van der Waals surface area contributed by atoms with Gasteiger partial charge in [0.1, 0.15) is 10.8 Å². The van der Waals surface area contributed by atoms with Gasteiger partial charge in [0.15, 0.2) is 0 Å². The topological polar surface area (TPSA) is 63.4 Å². The van der Waals surface area contributed by atoms with Crippen molar-refractivity contribution in [3.63, 3.8) is 0 Å². The van der Waals surface area contributed by atoms with Crippen molar-refractivity contribution in [2.45, 2.75) is 25.9 Å². The molecule has 1 fully saturated rings. The summed E-state index contributed by atoms with van der Waals surface area (Å²) in [6, 6.07) is 14.8. The van der Waals surface area contributed by atoms with Gasteiger partial charge in [-0.1, -0.05) is 30.3 Å². The number of benzene rings is 2. The number of nitrogens with zero attached hydrogens (tertiary/aromatic N) is 2. The lowest BCUT2D eigenvalue weighted by molar-refractivity contribution is 0.188. The third-order valence-electron chi connectivity index (χ3n) is 5.26. The lowest BCUT2D eigenvalue weighted by atomic mass is 10.0. The third-order valence-corrected chi connectivity index (χ3v) is 6.42. The molecule has 28 heavy (non-hydrogen) atoms. The Balaban J connectivity index is 1.47. The van der Waals surface area contributed by atoms with E-state index in [-0.39, 0.29) is 12.1 Å². The predicted molar refractivity (Wildman–Crippen MR) is 116 cm³/mol. The van der Waals surface area contributed by atoms with Crippen LogP contribution < -0.4 is 15.8 Å². The largest absolute Gasteiger partial charge is 0.494 e. The molecule has 1 aromatic heterocycles. The number of ether oxygens (including phenoxy) is 1. The highest BCUT2D eigenvalue weighted by molar-refractivity contribution is 7.18. The van der Waals surface area contributed by atoms with Gasteiger partial charge in [0, 0.05) is 37.8 Å². The molecule has 2 heterocycles. The molecule has 1 saturated heterocycles. The number of hydrogen-bond acceptors (Lipinski definition) is 6. The lowest BCUT2D eigenvalue weighted by Gasteiger charge is -2.35. The Bertz CT molecular complexity index is 941. The SMILES string of the molecule is CCOc1ccccc1C1CN(CC(N)c2nc3c(C)cccc3s2)CCN1. The average Bonchev–Trinajstić information content (AvgIpc) is 3.15. The van der Waals surface area contributed by atoms with Gasteiger partial charge in [-0.3, -0.25) is 4.90 Å². The van der Waals surface area contributed by atoms with E-state index in [1.165, 1.54) is 15.8 Å². The van der Waals surface area contributed by atoms with E-state index in [0.717, 1.165) is 42.5 Å². The van der Waals surface area contributed by atoms with E-state index in [1.54, 1.807) is 11.3 Å². The van der Waals surface area contributed by atoms with Crippen LogP contribution in [0.15, 0.2) is 42.5 Å². The van der Waals surface area contributed by atoms with Crippen LogP contribution in [0.5, 0.6) is 5.75 Å². The zero-order chi connectivity index (χ0) is 19.5. The standard InChI is InChI=1S/C22H28N4OS/c1-3-27-19-9-5-4-8-16(19)18-14-26(12-11-24-18)13-17(23)22-25-21-15(2)7-6-10-20(21)28-22/h4-10,17-18,24H,3,11-14,23H2,1-2H3. The number of fused-ring (bicyclic) bond motifs is 1. The Labute approximate surface area is 170 Å². The first kappa shape index (κ1) is 19.3. The van der Waals surface area contributed by atoms with E-state index in [9.17, 15) is 0 Å². The highest BCUT2D eigenvalue weighted by atomic mass is 32.1. The molecule has 2 unspecified atom stereocenters. The monoisotopic (exact) mass is 396 g/mol. The molecule has 0 radical (unpaired) electrons. The van der Waals surface area contributed by atoms with Crippen LogP contribution in [-0.2, 0) is 0 Å². The second kappa shape index (κ2) is 8.57. The van der Waals surface area contributed by atoms with Crippen LogP contribution in [0.1, 0.15) is 35.1 Å². The number of nitrogens with one attached hydrogen (secondary N) is 1. The molecular formula is C22H28N4OS. The summed E-state index contributed by atoms with van der Waals surface area (Å²) in [5.74, 6) is 0.968. The quantitative estimate of drug-likeness (QED) is 0.666. The van der Waals surface area contributed by atoms with Crippen molar-refractivity contribution in [3.05, 3.63) is 58.6 Å². The van der Waals surface area contributed by atoms with Gasteiger partial charge in [0.05, 0.1) is 22.9 Å². The van der Waals surface area contributed by atoms with Gasteiger partial charge < -0.3 is 15.8 Å². The van der Waals surface area contributed by atoms with E-state index in [2.05, 4.69) is 53.5 Å². The first-order valence-corrected chi connectivity index (χ1v) is 10.8. The normalized spacial score (nSPS) is 19.0. The van der Waals surface area contributed by atoms with Crippen molar-refractivity contribution in [1.82, 2.24) is 15.2 Å². The Morgan fingerprint density at radius 2 is 2.14 bits per heavy atom. The molecule has 0 amide bonds. The fourth-order valence-corrected chi connectivity index (χ4v) is 4.90. The molecule has 0 aliphatic carbocycles. The van der Waals surface area contributed by atoms with E-state index in [1.807, 2.05) is 13.0 Å². The summed E-state index contributed by atoms with van der Waals surface area (Å²) in [5.41, 5.74) is 10.1. The Kier molecular flexibility index (Phi) is 5.92. The number of aryl methyl sites for hydroxylation is 1. The van der Waals surface area contributed by atoms with Crippen molar-refractivity contribution >= 4 is 21.6 Å². The molecule has 148 valence electrons. The molecule has 6 heteroatoms. The van der Waals surface area contributed by atoms with E-state index < -0.39 is 0 Å². The molecular weight excluding hydrogens is 368 g/mol. The van der Waals surface area contributed by atoms with Crippen molar-refractivity contribution in [2.24, 2.45) is 5.73 Å². The number of rotatable bonds is 6. The maximum Gasteiger partial charge on any atom is 0.124 e. The number of aromatic nitrogens is 1. The van der Waals surface area contributed by atoms with Gasteiger partial charge in [-0.25, -0.2) is 4.98 Å². The minimum Gasteiger partial charge on any atom is -0.494 e. The highest BCUT2D eigenvalue weighted by Crippen LogP contribution is 2.30. The van der Waals surface area contributed by atoms with Crippen LogP contribution in [0.25, 0.3) is 10.2 Å². The molecule has 2 aromatic carbocycles. The minimum atomic E-state index is -0.0716. The fourth-order valence-electron chi connectivity index (χ4n) is 3.86. The Morgan fingerprint density at radius 3 is 2.96 bits per heavy atom. The van der Waals surface area contributed by atoms with Gasteiger partial charge in [0.2, 0.25) is 0 Å². The zero-order valence-corrected chi connectivity index (χ0v) is 17.3. The van der Waals surface area contributed by atoms with Crippen molar-refractivity contribution in [2.75, 3.05) is 32.8 Å². The van der Waals surface area contributed by atoms with Crippen molar-refractivity contribution in [1.29, 1.82) is 0 Å². The maximum absolute atomic E-state index is 6.56. The average molecular weight is 397 g/mol. The Hall–Kier alpha value is -1.99. The summed E-state index contributed by atoms with van der Waals surface area (Å²) >= 11 is 1.72. The summed E-state index contributed by atoms with van der Waals surface area (Å²) in [6.45, 7) is 8.47. The Morgan fingerprint density at radius 1 is 1.29 bits per heavy atom. The second-order valence-corrected chi connectivity index (χ2v) is 8.38. The van der Waals surface area contributed by atoms with Gasteiger partial charge in [-0.2, -0.15) is 0 Å². The summed E-state index contributed by atoms with van der Waals surface area (Å²) in [4.78, 5) is 7.26. The number of nitrogens with two attached hydrogens (primary N) is 1. The molecule has 2 atom stereocenters. The van der Waals surface area contributed by atoms with Crippen LogP contribution in [0.4, 0.5) is 0 Å². The number of hydrogen-bond donors (Lipinski definition) is 2. The molecule has 4 rings (SSSR count). The highest BCUT2D eigenvalue weighted by Gasteiger charge is 2.25. The van der Waals surface area contributed by atoms with Crippen LogP contribution in [0.2, 0.25) is 0 Å². The van der Waals surface area contributed by atoms with Crippen LogP contribution >= 0.6 is 11.3 Å². The maximum atomic E-state index is 6.56. The minimum absolute atomic E-state index is 0.0716. The molecule has 1 aliphatic rings. The van der Waals surface area contributed by atoms with E-state index in [0.29, 0.717) is 6.61 Å².